The number of piperidine rings is 1. The standard InChI is InChI=1S/C29H32N4O3S/c1-28(2,3)36-27(35)32-37-33-12-10-18(11-13-33)19-7-9-20-22(15-19)29(4,5)26-24(25(20)34)21-8-6-17(16-30)14-23(21)31-26/h6-9,14-15,18,31H,10-13H2,1-5H3,(H,32,35). The number of ether oxygens (including phenoxy) is 1. The lowest BCUT2D eigenvalue weighted by atomic mass is 9.70. The number of carbonyl (C=O) groups is 2. The molecule has 8 heteroatoms. The van der Waals surface area contributed by atoms with Gasteiger partial charge in [-0.1, -0.05) is 38.1 Å². The number of hydrogen-bond acceptors (Lipinski definition) is 6. The van der Waals surface area contributed by atoms with Gasteiger partial charge in [-0.3, -0.25) is 9.52 Å². The number of H-pyrrole nitrogens is 1. The topological polar surface area (TPSA) is 98.2 Å². The second-order valence-electron chi connectivity index (χ2n) is 11.4. The molecule has 2 aliphatic rings. The van der Waals surface area contributed by atoms with Gasteiger partial charge < -0.3 is 9.72 Å². The first-order valence-corrected chi connectivity index (χ1v) is 13.4. The van der Waals surface area contributed by atoms with Gasteiger partial charge in [0.05, 0.1) is 17.2 Å². The van der Waals surface area contributed by atoms with Gasteiger partial charge in [-0.25, -0.2) is 9.10 Å². The van der Waals surface area contributed by atoms with Crippen LogP contribution < -0.4 is 4.72 Å². The zero-order valence-electron chi connectivity index (χ0n) is 21.9. The molecule has 1 fully saturated rings. The van der Waals surface area contributed by atoms with Gasteiger partial charge in [-0.2, -0.15) is 5.26 Å². The highest BCUT2D eigenvalue weighted by Crippen LogP contribution is 2.45. The van der Waals surface area contributed by atoms with Crippen molar-refractivity contribution in [3.63, 3.8) is 0 Å². The summed E-state index contributed by atoms with van der Waals surface area (Å²) >= 11 is 1.30. The number of hydrogen-bond donors (Lipinski definition) is 2. The number of amides is 1. The Morgan fingerprint density at radius 1 is 1.19 bits per heavy atom. The Bertz CT molecular complexity index is 1440. The molecule has 1 aromatic heterocycles. The average Bonchev–Trinajstić information content (AvgIpc) is 3.25. The monoisotopic (exact) mass is 516 g/mol. The quantitative estimate of drug-likeness (QED) is 0.404. The smallest absolute Gasteiger partial charge is 0.418 e. The van der Waals surface area contributed by atoms with Crippen LogP contribution in [0.2, 0.25) is 0 Å². The van der Waals surface area contributed by atoms with Gasteiger partial charge in [0, 0.05) is 52.8 Å². The average molecular weight is 517 g/mol. The fourth-order valence-corrected chi connectivity index (χ4v) is 6.09. The lowest BCUT2D eigenvalue weighted by molar-refractivity contribution is 0.0572. The summed E-state index contributed by atoms with van der Waals surface area (Å²) in [5, 5.41) is 10.2. The van der Waals surface area contributed by atoms with Crippen molar-refractivity contribution in [3.8, 4) is 6.07 Å². The van der Waals surface area contributed by atoms with Gasteiger partial charge in [0.25, 0.3) is 0 Å². The van der Waals surface area contributed by atoms with Crippen LogP contribution in [0.15, 0.2) is 36.4 Å². The van der Waals surface area contributed by atoms with E-state index in [0.29, 0.717) is 17.0 Å². The maximum absolute atomic E-state index is 13.6. The van der Waals surface area contributed by atoms with Crippen molar-refractivity contribution >= 4 is 34.9 Å². The number of aromatic nitrogens is 1. The molecule has 3 aromatic rings. The lowest BCUT2D eigenvalue weighted by Gasteiger charge is -2.35. The van der Waals surface area contributed by atoms with E-state index in [2.05, 4.69) is 46.1 Å². The molecule has 1 saturated heterocycles. The van der Waals surface area contributed by atoms with Gasteiger partial charge in [0.2, 0.25) is 0 Å². The number of rotatable bonds is 3. The summed E-state index contributed by atoms with van der Waals surface area (Å²) < 4.78 is 10.2. The number of nitriles is 1. The number of aromatic amines is 1. The molecule has 192 valence electrons. The first kappa shape index (κ1) is 25.4. The fourth-order valence-electron chi connectivity index (χ4n) is 5.45. The van der Waals surface area contributed by atoms with E-state index in [-0.39, 0.29) is 11.2 Å². The molecule has 1 aliphatic carbocycles. The molecular formula is C29H32N4O3S. The van der Waals surface area contributed by atoms with Gasteiger partial charge >= 0.3 is 6.09 Å². The number of nitrogens with one attached hydrogen (secondary N) is 2. The van der Waals surface area contributed by atoms with Crippen molar-refractivity contribution in [3.05, 3.63) is 69.9 Å². The summed E-state index contributed by atoms with van der Waals surface area (Å²) in [5.74, 6) is 0.420. The number of nitrogens with zero attached hydrogens (tertiary/aromatic N) is 2. The number of fused-ring (bicyclic) bond motifs is 4. The van der Waals surface area contributed by atoms with Crippen LogP contribution in [0.25, 0.3) is 10.9 Å². The van der Waals surface area contributed by atoms with Crippen LogP contribution in [0.3, 0.4) is 0 Å². The highest BCUT2D eigenvalue weighted by Gasteiger charge is 2.40. The van der Waals surface area contributed by atoms with Crippen LogP contribution in [0, 0.1) is 11.3 Å². The number of carbonyl (C=O) groups excluding carboxylic acids is 2. The maximum atomic E-state index is 13.6. The zero-order valence-corrected chi connectivity index (χ0v) is 22.7. The van der Waals surface area contributed by atoms with E-state index < -0.39 is 11.7 Å². The first-order chi connectivity index (χ1) is 17.5. The summed E-state index contributed by atoms with van der Waals surface area (Å²) in [6.45, 7) is 11.5. The second kappa shape index (κ2) is 9.23. The van der Waals surface area contributed by atoms with Crippen molar-refractivity contribution in [2.45, 2.75) is 64.4 Å². The highest BCUT2D eigenvalue weighted by atomic mass is 32.2. The third kappa shape index (κ3) is 4.74. The van der Waals surface area contributed by atoms with Gasteiger partial charge in [0.15, 0.2) is 5.78 Å². The normalized spacial score (nSPS) is 17.7. The summed E-state index contributed by atoms with van der Waals surface area (Å²) in [6, 6.07) is 14.0. The molecule has 2 N–H and O–H groups in total. The highest BCUT2D eigenvalue weighted by molar-refractivity contribution is 7.95. The minimum atomic E-state index is -0.521. The molecule has 0 radical (unpaired) electrons. The van der Waals surface area contributed by atoms with Crippen LogP contribution in [0.5, 0.6) is 0 Å². The van der Waals surface area contributed by atoms with Crippen molar-refractivity contribution in [2.75, 3.05) is 13.1 Å². The first-order valence-electron chi connectivity index (χ1n) is 12.6. The predicted molar refractivity (Wildman–Crippen MR) is 146 cm³/mol. The predicted octanol–water partition coefficient (Wildman–Crippen LogP) is 6.18. The Kier molecular flexibility index (Phi) is 6.33. The largest absolute Gasteiger partial charge is 0.443 e. The SMILES string of the molecule is CC(C)(C)OC(=O)NSN1CCC(c2ccc3c(c2)C(C)(C)c2[nH]c4cc(C#N)ccc4c2C3=O)CC1. The Morgan fingerprint density at radius 3 is 2.59 bits per heavy atom. The minimum absolute atomic E-state index is 0.0336. The van der Waals surface area contributed by atoms with Crippen LogP contribution in [-0.2, 0) is 10.2 Å². The van der Waals surface area contributed by atoms with E-state index in [1.165, 1.54) is 17.7 Å². The van der Waals surface area contributed by atoms with Crippen molar-refractivity contribution < 1.29 is 14.3 Å². The molecule has 2 aromatic carbocycles. The molecule has 0 saturated carbocycles. The number of benzene rings is 2. The van der Waals surface area contributed by atoms with E-state index in [0.717, 1.165) is 53.7 Å². The van der Waals surface area contributed by atoms with E-state index in [4.69, 9.17) is 4.74 Å². The van der Waals surface area contributed by atoms with Crippen molar-refractivity contribution in [1.82, 2.24) is 14.0 Å². The molecule has 37 heavy (non-hydrogen) atoms. The molecule has 7 nitrogen and oxygen atoms in total. The molecule has 1 aliphatic heterocycles. The second-order valence-corrected chi connectivity index (χ2v) is 12.3. The van der Waals surface area contributed by atoms with Crippen LogP contribution >= 0.6 is 12.1 Å². The molecule has 5 rings (SSSR count). The van der Waals surface area contributed by atoms with Gasteiger partial charge in [-0.05, 0) is 62.8 Å². The lowest BCUT2D eigenvalue weighted by Crippen LogP contribution is -2.35. The van der Waals surface area contributed by atoms with E-state index in [9.17, 15) is 14.9 Å². The summed E-state index contributed by atoms with van der Waals surface area (Å²) in [7, 11) is 0. The van der Waals surface area contributed by atoms with Crippen LogP contribution in [-0.4, -0.2) is 39.9 Å². The summed E-state index contributed by atoms with van der Waals surface area (Å²) in [4.78, 5) is 29.1. The molecule has 0 atom stereocenters. The Balaban J connectivity index is 1.34. The molecule has 2 heterocycles. The Morgan fingerprint density at radius 2 is 1.92 bits per heavy atom. The van der Waals surface area contributed by atoms with E-state index in [1.807, 2.05) is 39.0 Å². The zero-order chi connectivity index (χ0) is 26.5. The third-order valence-corrected chi connectivity index (χ3v) is 8.20. The Labute approximate surface area is 221 Å². The van der Waals surface area contributed by atoms with E-state index >= 15 is 0 Å². The van der Waals surface area contributed by atoms with Gasteiger partial charge in [0.1, 0.15) is 5.60 Å². The van der Waals surface area contributed by atoms with Gasteiger partial charge in [-0.15, -0.1) is 0 Å². The molecule has 0 unspecified atom stereocenters. The molecule has 1 amide bonds. The van der Waals surface area contributed by atoms with E-state index in [1.54, 1.807) is 6.07 Å². The molecule has 0 spiro atoms. The van der Waals surface area contributed by atoms with Crippen LogP contribution in [0.1, 0.15) is 91.7 Å². The van der Waals surface area contributed by atoms with Crippen molar-refractivity contribution in [1.29, 1.82) is 5.26 Å². The molecular weight excluding hydrogens is 484 g/mol. The van der Waals surface area contributed by atoms with Crippen LogP contribution in [0.4, 0.5) is 4.79 Å². The van der Waals surface area contributed by atoms with Crippen molar-refractivity contribution in [2.24, 2.45) is 0 Å². The summed E-state index contributed by atoms with van der Waals surface area (Å²) in [5.41, 5.74) is 5.15. The minimum Gasteiger partial charge on any atom is -0.443 e. The molecule has 0 bridgehead atoms. The Hall–Kier alpha value is -3.28. The number of ketones is 1. The third-order valence-electron chi connectivity index (χ3n) is 7.32. The maximum Gasteiger partial charge on any atom is 0.418 e. The fraction of sp³-hybridized carbons (Fsp3) is 0.414. The summed E-state index contributed by atoms with van der Waals surface area (Å²) in [6.07, 6.45) is 1.50.